The van der Waals surface area contributed by atoms with Gasteiger partial charge in [-0.05, 0) is 12.5 Å². The number of anilines is 1. The van der Waals surface area contributed by atoms with Gasteiger partial charge in [-0.3, -0.25) is 10.1 Å². The van der Waals surface area contributed by atoms with E-state index in [4.69, 9.17) is 0 Å². The number of benzene rings is 1. The first kappa shape index (κ1) is 14.4. The molecule has 2 aromatic rings. The Labute approximate surface area is 121 Å². The molecule has 0 aliphatic carbocycles. The van der Waals surface area contributed by atoms with Crippen LogP contribution in [-0.4, -0.2) is 14.3 Å². The molecule has 0 unspecified atom stereocenters. The van der Waals surface area contributed by atoms with Gasteiger partial charge in [-0.1, -0.05) is 26.0 Å². The Balaban J connectivity index is 2.10. The summed E-state index contributed by atoms with van der Waals surface area (Å²) >= 11 is 1.31. The molecule has 0 aliphatic heterocycles. The van der Waals surface area contributed by atoms with Crippen molar-refractivity contribution in [1.29, 1.82) is 0 Å². The molecule has 2 rings (SSSR count). The quantitative estimate of drug-likeness (QED) is 0.674. The molecule has 0 saturated carbocycles. The van der Waals surface area contributed by atoms with Gasteiger partial charge >= 0.3 is 0 Å². The Morgan fingerprint density at radius 2 is 2.20 bits per heavy atom. The van der Waals surface area contributed by atoms with Crippen LogP contribution < -0.4 is 5.32 Å². The number of nitrogens with zero attached hydrogens (tertiary/aromatic N) is 3. The molecular formula is C13H16N4O2S. The number of nitro groups is 1. The molecule has 0 amide bonds. The molecular weight excluding hydrogens is 276 g/mol. The molecule has 106 valence electrons. The molecule has 0 bridgehead atoms. The van der Waals surface area contributed by atoms with E-state index >= 15 is 0 Å². The molecule has 0 atom stereocenters. The van der Waals surface area contributed by atoms with Crippen LogP contribution in [0.3, 0.4) is 0 Å². The molecule has 1 N–H and O–H groups in total. The van der Waals surface area contributed by atoms with E-state index in [1.807, 2.05) is 19.9 Å². The SMILES string of the molecule is Cc1c(CNc2nc(C(C)C)ns2)cccc1[N+](=O)[O-]. The standard InChI is InChI=1S/C13H16N4O2S/c1-8(2)12-15-13(20-16-12)14-7-10-5-4-6-11(9(10)3)17(18)19/h4-6,8H,7H2,1-3H3,(H,14,15,16). The van der Waals surface area contributed by atoms with Gasteiger partial charge in [0, 0.05) is 35.6 Å². The first-order valence-corrected chi connectivity index (χ1v) is 7.06. The minimum absolute atomic E-state index is 0.143. The van der Waals surface area contributed by atoms with E-state index in [0.717, 1.165) is 16.5 Å². The van der Waals surface area contributed by atoms with Gasteiger partial charge in [-0.15, -0.1) is 0 Å². The van der Waals surface area contributed by atoms with Gasteiger partial charge in [-0.2, -0.15) is 4.37 Å². The Morgan fingerprint density at radius 1 is 1.45 bits per heavy atom. The van der Waals surface area contributed by atoms with Crippen LogP contribution in [-0.2, 0) is 6.54 Å². The molecule has 0 fully saturated rings. The molecule has 1 aromatic carbocycles. The number of hydrogen-bond donors (Lipinski definition) is 1. The van der Waals surface area contributed by atoms with Crippen LogP contribution in [0.4, 0.5) is 10.8 Å². The lowest BCUT2D eigenvalue weighted by Crippen LogP contribution is -2.03. The summed E-state index contributed by atoms with van der Waals surface area (Å²) in [7, 11) is 0. The van der Waals surface area contributed by atoms with Crippen LogP contribution in [0.5, 0.6) is 0 Å². The average molecular weight is 292 g/mol. The number of rotatable bonds is 5. The van der Waals surface area contributed by atoms with Crippen LogP contribution in [0.1, 0.15) is 36.7 Å². The second-order valence-electron chi connectivity index (χ2n) is 4.78. The topological polar surface area (TPSA) is 81.0 Å². The summed E-state index contributed by atoms with van der Waals surface area (Å²) in [5, 5.41) is 14.8. The molecule has 20 heavy (non-hydrogen) atoms. The number of hydrogen-bond acceptors (Lipinski definition) is 6. The van der Waals surface area contributed by atoms with E-state index in [0.29, 0.717) is 18.0 Å². The summed E-state index contributed by atoms with van der Waals surface area (Å²) < 4.78 is 4.26. The summed E-state index contributed by atoms with van der Waals surface area (Å²) in [5.41, 5.74) is 1.71. The van der Waals surface area contributed by atoms with E-state index in [2.05, 4.69) is 14.7 Å². The van der Waals surface area contributed by atoms with Gasteiger partial charge in [0.2, 0.25) is 5.13 Å². The van der Waals surface area contributed by atoms with Crippen molar-refractivity contribution in [3.63, 3.8) is 0 Å². The maximum Gasteiger partial charge on any atom is 0.272 e. The second-order valence-corrected chi connectivity index (χ2v) is 5.54. The van der Waals surface area contributed by atoms with E-state index < -0.39 is 0 Å². The van der Waals surface area contributed by atoms with Gasteiger partial charge in [-0.25, -0.2) is 4.98 Å². The van der Waals surface area contributed by atoms with Gasteiger partial charge in [0.25, 0.3) is 5.69 Å². The predicted molar refractivity (Wildman–Crippen MR) is 79.2 cm³/mol. The third kappa shape index (κ3) is 3.11. The zero-order valence-electron chi connectivity index (χ0n) is 11.6. The predicted octanol–water partition coefficient (Wildman–Crippen LogP) is 3.49. The van der Waals surface area contributed by atoms with Crippen molar-refractivity contribution in [2.24, 2.45) is 0 Å². The van der Waals surface area contributed by atoms with Crippen molar-refractivity contribution in [1.82, 2.24) is 9.36 Å². The fraction of sp³-hybridized carbons (Fsp3) is 0.385. The van der Waals surface area contributed by atoms with Crippen LogP contribution in [0.15, 0.2) is 18.2 Å². The van der Waals surface area contributed by atoms with Gasteiger partial charge in [0.15, 0.2) is 0 Å². The van der Waals surface area contributed by atoms with Gasteiger partial charge in [0.1, 0.15) is 5.82 Å². The highest BCUT2D eigenvalue weighted by Gasteiger charge is 2.13. The first-order chi connectivity index (χ1) is 9.49. The van der Waals surface area contributed by atoms with Crippen molar-refractivity contribution in [2.75, 3.05) is 5.32 Å². The number of nitrogens with one attached hydrogen (secondary N) is 1. The molecule has 0 saturated heterocycles. The first-order valence-electron chi connectivity index (χ1n) is 6.29. The maximum atomic E-state index is 10.9. The highest BCUT2D eigenvalue weighted by molar-refractivity contribution is 7.09. The molecule has 1 aromatic heterocycles. The minimum atomic E-state index is -0.360. The smallest absolute Gasteiger partial charge is 0.272 e. The molecule has 0 spiro atoms. The van der Waals surface area contributed by atoms with Crippen molar-refractivity contribution < 1.29 is 4.92 Å². The van der Waals surface area contributed by atoms with Crippen LogP contribution >= 0.6 is 11.5 Å². The third-order valence-corrected chi connectivity index (χ3v) is 3.69. The van der Waals surface area contributed by atoms with Gasteiger partial charge < -0.3 is 5.32 Å². The van der Waals surface area contributed by atoms with Crippen molar-refractivity contribution >= 4 is 22.4 Å². The summed E-state index contributed by atoms with van der Waals surface area (Å²) in [6.45, 7) is 6.34. The lowest BCUT2D eigenvalue weighted by Gasteiger charge is -2.06. The van der Waals surface area contributed by atoms with E-state index in [9.17, 15) is 10.1 Å². The zero-order chi connectivity index (χ0) is 14.7. The lowest BCUT2D eigenvalue weighted by atomic mass is 10.1. The van der Waals surface area contributed by atoms with E-state index in [1.165, 1.54) is 17.6 Å². The molecule has 7 heteroatoms. The fourth-order valence-electron chi connectivity index (χ4n) is 1.77. The molecule has 0 aliphatic rings. The van der Waals surface area contributed by atoms with Crippen molar-refractivity contribution in [3.05, 3.63) is 45.3 Å². The Morgan fingerprint density at radius 3 is 2.80 bits per heavy atom. The Bertz CT molecular complexity index is 625. The van der Waals surface area contributed by atoms with Crippen molar-refractivity contribution in [2.45, 2.75) is 33.2 Å². The third-order valence-electron chi connectivity index (χ3n) is 3.00. The number of aromatic nitrogens is 2. The summed E-state index contributed by atoms with van der Waals surface area (Å²) in [6, 6.07) is 5.09. The second kappa shape index (κ2) is 5.96. The molecule has 1 heterocycles. The lowest BCUT2D eigenvalue weighted by molar-refractivity contribution is -0.385. The normalized spacial score (nSPS) is 10.8. The summed E-state index contributed by atoms with van der Waals surface area (Å²) in [6.07, 6.45) is 0. The fourth-order valence-corrected chi connectivity index (χ4v) is 2.47. The largest absolute Gasteiger partial charge is 0.356 e. The zero-order valence-corrected chi connectivity index (χ0v) is 12.4. The summed E-state index contributed by atoms with van der Waals surface area (Å²) in [5.74, 6) is 1.11. The van der Waals surface area contributed by atoms with E-state index in [-0.39, 0.29) is 10.6 Å². The average Bonchev–Trinajstić information content (AvgIpc) is 2.86. The Hall–Kier alpha value is -2.02. The van der Waals surface area contributed by atoms with Crippen LogP contribution in [0.25, 0.3) is 0 Å². The van der Waals surface area contributed by atoms with Crippen molar-refractivity contribution in [3.8, 4) is 0 Å². The molecule has 6 nitrogen and oxygen atoms in total. The van der Waals surface area contributed by atoms with Crippen LogP contribution in [0.2, 0.25) is 0 Å². The Kier molecular flexibility index (Phi) is 4.29. The van der Waals surface area contributed by atoms with Crippen LogP contribution in [0, 0.1) is 17.0 Å². The highest BCUT2D eigenvalue weighted by atomic mass is 32.1. The highest BCUT2D eigenvalue weighted by Crippen LogP contribution is 2.23. The maximum absolute atomic E-state index is 10.9. The van der Waals surface area contributed by atoms with Gasteiger partial charge in [0.05, 0.1) is 4.92 Å². The van der Waals surface area contributed by atoms with E-state index in [1.54, 1.807) is 13.0 Å². The summed E-state index contributed by atoms with van der Waals surface area (Å²) in [4.78, 5) is 14.9. The molecule has 0 radical (unpaired) electrons. The minimum Gasteiger partial charge on any atom is -0.356 e. The number of nitro benzene ring substituents is 1. The monoisotopic (exact) mass is 292 g/mol.